The Morgan fingerprint density at radius 1 is 1.08 bits per heavy atom. The van der Waals surface area contributed by atoms with Gasteiger partial charge < -0.3 is 10.0 Å². The van der Waals surface area contributed by atoms with Crippen molar-refractivity contribution in [3.05, 3.63) is 53.0 Å². The molecule has 0 spiro atoms. The Bertz CT molecular complexity index is 702. The van der Waals surface area contributed by atoms with Gasteiger partial charge in [0.15, 0.2) is 0 Å². The Labute approximate surface area is 157 Å². The lowest BCUT2D eigenvalue weighted by Gasteiger charge is -2.23. The molecule has 2 aromatic rings. The van der Waals surface area contributed by atoms with E-state index in [0.717, 1.165) is 63.3 Å². The summed E-state index contributed by atoms with van der Waals surface area (Å²) in [5.41, 5.74) is 3.79. The zero-order chi connectivity index (χ0) is 18.4. The number of aromatic nitrogens is 2. The monoisotopic (exact) mass is 353 g/mol. The van der Waals surface area contributed by atoms with Crippen LogP contribution in [-0.4, -0.2) is 34.8 Å². The third-order valence-electron chi connectivity index (χ3n) is 5.15. The molecule has 1 aromatic carbocycles. The van der Waals surface area contributed by atoms with E-state index in [1.165, 1.54) is 16.8 Å². The normalized spacial score (nSPS) is 17.0. The molecule has 4 heteroatoms. The molecule has 0 amide bonds. The summed E-state index contributed by atoms with van der Waals surface area (Å²) >= 11 is 0. The van der Waals surface area contributed by atoms with Gasteiger partial charge in [-0.3, -0.25) is 0 Å². The fourth-order valence-electron chi connectivity index (χ4n) is 3.81. The van der Waals surface area contributed by atoms with Crippen molar-refractivity contribution in [1.29, 1.82) is 0 Å². The van der Waals surface area contributed by atoms with Crippen LogP contribution < -0.4 is 4.90 Å². The first-order chi connectivity index (χ1) is 12.7. The zero-order valence-electron chi connectivity index (χ0n) is 16.1. The van der Waals surface area contributed by atoms with Gasteiger partial charge in [-0.05, 0) is 24.8 Å². The van der Waals surface area contributed by atoms with Crippen LogP contribution in [0.3, 0.4) is 0 Å². The zero-order valence-corrected chi connectivity index (χ0v) is 16.1. The van der Waals surface area contributed by atoms with Gasteiger partial charge in [0.2, 0.25) is 0 Å². The molecule has 3 rings (SSSR count). The molecule has 1 aromatic heterocycles. The van der Waals surface area contributed by atoms with Gasteiger partial charge in [0.05, 0.1) is 0 Å². The van der Waals surface area contributed by atoms with Gasteiger partial charge in [0.25, 0.3) is 0 Å². The molecule has 1 saturated heterocycles. The predicted octanol–water partition coefficient (Wildman–Crippen LogP) is 3.79. The summed E-state index contributed by atoms with van der Waals surface area (Å²) in [6, 6.07) is 10.5. The van der Waals surface area contributed by atoms with E-state index in [-0.39, 0.29) is 6.61 Å². The summed E-state index contributed by atoms with van der Waals surface area (Å²) in [6.45, 7) is 6.59. The van der Waals surface area contributed by atoms with Crippen LogP contribution in [0.25, 0.3) is 0 Å². The van der Waals surface area contributed by atoms with E-state index >= 15 is 0 Å². The van der Waals surface area contributed by atoms with Gasteiger partial charge in [-0.1, -0.05) is 57.0 Å². The fraction of sp³-hybridized carbons (Fsp3) is 0.545. The van der Waals surface area contributed by atoms with E-state index < -0.39 is 0 Å². The number of nitrogens with zero attached hydrogens (tertiary/aromatic N) is 3. The van der Waals surface area contributed by atoms with Crippen molar-refractivity contribution in [3.63, 3.8) is 0 Å². The van der Waals surface area contributed by atoms with Gasteiger partial charge in [-0.15, -0.1) is 0 Å². The molecule has 0 aliphatic carbocycles. The minimum atomic E-state index is 0.267. The van der Waals surface area contributed by atoms with Crippen molar-refractivity contribution in [3.8, 4) is 0 Å². The molecule has 26 heavy (non-hydrogen) atoms. The van der Waals surface area contributed by atoms with Crippen LogP contribution in [0.15, 0.2) is 30.3 Å². The molecule has 140 valence electrons. The minimum absolute atomic E-state index is 0.267. The van der Waals surface area contributed by atoms with Crippen LogP contribution in [-0.2, 0) is 19.3 Å². The van der Waals surface area contributed by atoms with Crippen molar-refractivity contribution in [1.82, 2.24) is 9.97 Å². The van der Waals surface area contributed by atoms with E-state index in [4.69, 9.17) is 9.97 Å². The van der Waals surface area contributed by atoms with Crippen molar-refractivity contribution in [2.24, 2.45) is 5.92 Å². The first-order valence-electron chi connectivity index (χ1n) is 10.0. The topological polar surface area (TPSA) is 49.2 Å². The van der Waals surface area contributed by atoms with Gasteiger partial charge >= 0.3 is 0 Å². The maximum Gasteiger partial charge on any atom is 0.135 e. The molecule has 4 nitrogen and oxygen atoms in total. The molecule has 0 saturated carbocycles. The van der Waals surface area contributed by atoms with Gasteiger partial charge in [0.1, 0.15) is 11.6 Å². The second-order valence-electron chi connectivity index (χ2n) is 7.33. The van der Waals surface area contributed by atoms with E-state index in [1.807, 2.05) is 6.07 Å². The quantitative estimate of drug-likeness (QED) is 0.784. The first-order valence-corrected chi connectivity index (χ1v) is 10.0. The summed E-state index contributed by atoms with van der Waals surface area (Å²) in [5.74, 6) is 2.40. The van der Waals surface area contributed by atoms with E-state index in [0.29, 0.717) is 5.92 Å². The summed E-state index contributed by atoms with van der Waals surface area (Å²) in [6.07, 6.45) is 6.04. The highest BCUT2D eigenvalue weighted by molar-refractivity contribution is 5.51. The number of hydrogen-bond donors (Lipinski definition) is 1. The van der Waals surface area contributed by atoms with Gasteiger partial charge in [-0.25, -0.2) is 9.97 Å². The second-order valence-corrected chi connectivity index (χ2v) is 7.33. The highest BCUT2D eigenvalue weighted by atomic mass is 16.3. The molecule has 1 N–H and O–H groups in total. The third kappa shape index (κ3) is 4.42. The molecule has 1 aliphatic rings. The highest BCUT2D eigenvalue weighted by Gasteiger charge is 2.26. The van der Waals surface area contributed by atoms with Gasteiger partial charge in [-0.2, -0.15) is 0 Å². The third-order valence-corrected chi connectivity index (χ3v) is 5.15. The molecule has 1 aliphatic heterocycles. The van der Waals surface area contributed by atoms with Crippen molar-refractivity contribution >= 4 is 5.82 Å². The highest BCUT2D eigenvalue weighted by Crippen LogP contribution is 2.29. The van der Waals surface area contributed by atoms with Crippen LogP contribution in [0, 0.1) is 5.92 Å². The number of benzene rings is 1. The summed E-state index contributed by atoms with van der Waals surface area (Å²) in [5, 5.41) is 9.53. The molecule has 0 radical (unpaired) electrons. The van der Waals surface area contributed by atoms with E-state index in [9.17, 15) is 5.11 Å². The van der Waals surface area contributed by atoms with E-state index in [1.54, 1.807) is 0 Å². The molecule has 1 unspecified atom stereocenters. The fourth-order valence-corrected chi connectivity index (χ4v) is 3.81. The summed E-state index contributed by atoms with van der Waals surface area (Å²) in [7, 11) is 0. The Balaban J connectivity index is 1.97. The maximum absolute atomic E-state index is 9.53. The molecular weight excluding hydrogens is 322 g/mol. The number of aliphatic hydroxyl groups excluding tert-OH is 1. The number of aliphatic hydroxyl groups is 1. The lowest BCUT2D eigenvalue weighted by molar-refractivity contribution is 0.238. The Morgan fingerprint density at radius 2 is 1.85 bits per heavy atom. The van der Waals surface area contributed by atoms with Gasteiger partial charge in [0, 0.05) is 43.3 Å². The minimum Gasteiger partial charge on any atom is -0.396 e. The molecule has 1 atom stereocenters. The van der Waals surface area contributed by atoms with Crippen LogP contribution >= 0.6 is 0 Å². The average Bonchev–Trinajstić information content (AvgIpc) is 3.14. The number of rotatable bonds is 8. The Kier molecular flexibility index (Phi) is 6.62. The van der Waals surface area contributed by atoms with Crippen molar-refractivity contribution in [2.45, 2.75) is 52.4 Å². The smallest absolute Gasteiger partial charge is 0.135 e. The van der Waals surface area contributed by atoms with Crippen molar-refractivity contribution < 1.29 is 5.11 Å². The van der Waals surface area contributed by atoms with Crippen LogP contribution in [0.4, 0.5) is 5.82 Å². The van der Waals surface area contributed by atoms with Crippen LogP contribution in [0.2, 0.25) is 0 Å². The predicted molar refractivity (Wildman–Crippen MR) is 107 cm³/mol. The first kappa shape index (κ1) is 18.8. The average molecular weight is 354 g/mol. The molecule has 2 heterocycles. The Morgan fingerprint density at radius 3 is 2.50 bits per heavy atom. The Hall–Kier alpha value is -1.94. The SMILES string of the molecule is CCCc1nc(Cc2ccccc2)nc(N2CCC(CO)C2)c1CCC. The van der Waals surface area contributed by atoms with Crippen LogP contribution in [0.5, 0.6) is 0 Å². The summed E-state index contributed by atoms with van der Waals surface area (Å²) < 4.78 is 0. The van der Waals surface area contributed by atoms with E-state index in [2.05, 4.69) is 43.0 Å². The van der Waals surface area contributed by atoms with Crippen molar-refractivity contribution in [2.75, 3.05) is 24.6 Å². The maximum atomic E-state index is 9.53. The lowest BCUT2D eigenvalue weighted by atomic mass is 10.0. The lowest BCUT2D eigenvalue weighted by Crippen LogP contribution is -2.25. The molecule has 0 bridgehead atoms. The number of aryl methyl sites for hydroxylation is 1. The largest absolute Gasteiger partial charge is 0.396 e. The number of hydrogen-bond acceptors (Lipinski definition) is 4. The standard InChI is InChI=1S/C22H31N3O/c1-3-8-19-20(9-4-2)23-21(14-17-10-6-5-7-11-17)24-22(19)25-13-12-18(15-25)16-26/h5-7,10-11,18,26H,3-4,8-9,12-16H2,1-2H3. The summed E-state index contributed by atoms with van der Waals surface area (Å²) in [4.78, 5) is 12.4. The molecule has 1 fully saturated rings. The molecular formula is C22H31N3O. The number of anilines is 1. The van der Waals surface area contributed by atoms with Crippen LogP contribution in [0.1, 0.15) is 55.8 Å². The second kappa shape index (κ2) is 9.13.